The summed E-state index contributed by atoms with van der Waals surface area (Å²) in [5.41, 5.74) is 10.4. The number of fused-ring (bicyclic) bond motifs is 7. The van der Waals surface area contributed by atoms with Gasteiger partial charge in [-0.2, -0.15) is 0 Å². The highest BCUT2D eigenvalue weighted by Gasteiger charge is 2.37. The highest BCUT2D eigenvalue weighted by molar-refractivity contribution is 5.80. The van der Waals surface area contributed by atoms with Gasteiger partial charge in [-0.3, -0.25) is 10.1 Å². The zero-order valence-electron chi connectivity index (χ0n) is 27.6. The number of rotatable bonds is 3. The Morgan fingerprint density at radius 3 is 2.60 bits per heavy atom. The minimum atomic E-state index is -1.19. The molecule has 10 heteroatoms. The predicted molar refractivity (Wildman–Crippen MR) is 180 cm³/mol. The molecule has 2 aromatic carbocycles. The Balaban J connectivity index is 1.54. The van der Waals surface area contributed by atoms with Crippen molar-refractivity contribution in [1.29, 1.82) is 0 Å². The molecule has 47 heavy (non-hydrogen) atoms. The van der Waals surface area contributed by atoms with Crippen LogP contribution in [0.5, 0.6) is 5.75 Å². The molecule has 2 aromatic heterocycles. The first-order chi connectivity index (χ1) is 22.3. The molecule has 0 saturated carbocycles. The monoisotopic (exact) mass is 642 g/mol. The molecule has 1 saturated heterocycles. The summed E-state index contributed by atoms with van der Waals surface area (Å²) in [6.45, 7) is 11.3. The van der Waals surface area contributed by atoms with Crippen LogP contribution in [0.4, 0.5) is 10.2 Å². The van der Waals surface area contributed by atoms with Crippen LogP contribution in [-0.4, -0.2) is 57.6 Å². The summed E-state index contributed by atoms with van der Waals surface area (Å²) in [4.78, 5) is 20.1. The molecule has 3 aliphatic rings. The number of piperidine rings is 1. The van der Waals surface area contributed by atoms with Gasteiger partial charge in [0.25, 0.3) is 0 Å². The lowest BCUT2D eigenvalue weighted by atomic mass is 9.92. The number of benzene rings is 2. The molecule has 0 unspecified atom stereocenters. The molecule has 9 nitrogen and oxygen atoms in total. The summed E-state index contributed by atoms with van der Waals surface area (Å²) in [7, 11) is 0. The van der Waals surface area contributed by atoms with Gasteiger partial charge in [0.1, 0.15) is 23.0 Å². The third kappa shape index (κ3) is 7.05. The first-order valence-electron chi connectivity index (χ1n) is 16.1. The Morgan fingerprint density at radius 2 is 1.87 bits per heavy atom. The van der Waals surface area contributed by atoms with E-state index in [9.17, 15) is 14.3 Å². The number of carboxylic acids is 1. The number of carboxylic acid groups (broad SMARTS) is 1. The van der Waals surface area contributed by atoms with Crippen molar-refractivity contribution in [1.82, 2.24) is 9.38 Å². The number of pyridine rings is 1. The molecule has 5 heterocycles. The SMILES string of the molecule is Cc1cc2nc3cn2c(c1[C@H](OC(C)(C)C)C(=O)O)N1CCC(C)(CC1)OC/C=C/C[C@H](N)Oc1cc(F)ccc1-c1cccc-3c1. The van der Waals surface area contributed by atoms with Crippen LogP contribution in [0.2, 0.25) is 0 Å². The highest BCUT2D eigenvalue weighted by Crippen LogP contribution is 2.40. The summed E-state index contributed by atoms with van der Waals surface area (Å²) in [5.74, 6) is -0.362. The number of halogens is 1. The van der Waals surface area contributed by atoms with Crippen molar-refractivity contribution in [3.05, 3.63) is 83.8 Å². The standard InChI is InChI=1S/C37H43FN4O5/c1-23-19-31-40-28-22-42(31)34(32(23)33(35(43)44)47-36(2,3)4)41-16-14-37(5,15-17-41)45-18-7-6-11-30(39)46-29-21-26(38)12-13-27(29)24-9-8-10-25(28)20-24/h6-10,12-13,19-22,30,33H,11,14-18,39H2,1-5H3,(H,43,44)/b7-6+/t30-,33+/m1/s1. The average Bonchev–Trinajstić information content (AvgIpc) is 3.43. The lowest BCUT2D eigenvalue weighted by Crippen LogP contribution is -2.45. The molecule has 4 aromatic rings. The molecule has 3 aliphatic heterocycles. The fraction of sp³-hybridized carbons (Fsp3) is 0.405. The molecule has 248 valence electrons. The van der Waals surface area contributed by atoms with E-state index in [0.29, 0.717) is 54.3 Å². The number of imidazole rings is 1. The Kier molecular flexibility index (Phi) is 8.86. The van der Waals surface area contributed by atoms with Crippen LogP contribution < -0.4 is 15.4 Å². The Morgan fingerprint density at radius 1 is 1.13 bits per heavy atom. The van der Waals surface area contributed by atoms with Gasteiger partial charge < -0.3 is 24.2 Å². The Labute approximate surface area is 274 Å². The number of carbonyl (C=O) groups is 1. The molecule has 6 bridgehead atoms. The number of hydrogen-bond donors (Lipinski definition) is 2. The maximum absolute atomic E-state index is 14.4. The molecule has 2 atom stereocenters. The number of hydrogen-bond acceptors (Lipinski definition) is 7. The quantitative estimate of drug-likeness (QED) is 0.229. The smallest absolute Gasteiger partial charge is 0.337 e. The lowest BCUT2D eigenvalue weighted by molar-refractivity contribution is -0.160. The number of aryl methyl sites for hydroxylation is 1. The van der Waals surface area contributed by atoms with Crippen LogP contribution in [0.25, 0.3) is 28.0 Å². The maximum atomic E-state index is 14.4. The van der Waals surface area contributed by atoms with E-state index in [1.54, 1.807) is 6.07 Å². The van der Waals surface area contributed by atoms with Crippen molar-refractivity contribution in [3.63, 3.8) is 0 Å². The molecule has 0 aliphatic carbocycles. The molecule has 1 fully saturated rings. The second kappa shape index (κ2) is 12.7. The van der Waals surface area contributed by atoms with E-state index < -0.39 is 29.7 Å². The molecule has 0 spiro atoms. The van der Waals surface area contributed by atoms with Gasteiger partial charge in [-0.05, 0) is 82.9 Å². The van der Waals surface area contributed by atoms with Crippen LogP contribution >= 0.6 is 0 Å². The normalized spacial score (nSPS) is 21.7. The fourth-order valence-corrected chi connectivity index (χ4v) is 6.39. The third-order valence-corrected chi connectivity index (χ3v) is 8.81. The van der Waals surface area contributed by atoms with E-state index in [-0.39, 0.29) is 5.60 Å². The van der Waals surface area contributed by atoms with Crippen molar-refractivity contribution in [3.8, 4) is 28.1 Å². The van der Waals surface area contributed by atoms with Gasteiger partial charge in [-0.25, -0.2) is 14.2 Å². The molecule has 3 N–H and O–H groups in total. The van der Waals surface area contributed by atoms with E-state index >= 15 is 0 Å². The first kappa shape index (κ1) is 32.7. The number of aliphatic carboxylic acids is 1. The van der Waals surface area contributed by atoms with E-state index in [2.05, 4.69) is 11.8 Å². The minimum Gasteiger partial charge on any atom is -0.479 e. The summed E-state index contributed by atoms with van der Waals surface area (Å²) >= 11 is 0. The largest absolute Gasteiger partial charge is 0.479 e. The zero-order chi connectivity index (χ0) is 33.5. The first-order valence-corrected chi connectivity index (χ1v) is 16.1. The van der Waals surface area contributed by atoms with Crippen molar-refractivity contribution >= 4 is 17.4 Å². The van der Waals surface area contributed by atoms with Crippen molar-refractivity contribution in [2.45, 2.75) is 77.4 Å². The average molecular weight is 643 g/mol. The maximum Gasteiger partial charge on any atom is 0.337 e. The Bertz CT molecular complexity index is 1820. The summed E-state index contributed by atoms with van der Waals surface area (Å²) in [6, 6.07) is 14.2. The van der Waals surface area contributed by atoms with Crippen molar-refractivity contribution in [2.75, 3.05) is 24.6 Å². The van der Waals surface area contributed by atoms with Crippen LogP contribution in [0, 0.1) is 12.7 Å². The molecule has 7 rings (SSSR count). The highest BCUT2D eigenvalue weighted by atomic mass is 19.1. The number of ether oxygens (including phenoxy) is 3. The summed E-state index contributed by atoms with van der Waals surface area (Å²) in [6.07, 6.45) is 5.85. The van der Waals surface area contributed by atoms with Crippen LogP contribution in [0.1, 0.15) is 64.2 Å². The third-order valence-electron chi connectivity index (χ3n) is 8.81. The van der Waals surface area contributed by atoms with Crippen molar-refractivity contribution in [2.24, 2.45) is 5.73 Å². The minimum absolute atomic E-state index is 0.349. The van der Waals surface area contributed by atoms with E-state index in [0.717, 1.165) is 35.3 Å². The Hall–Kier alpha value is -4.25. The van der Waals surface area contributed by atoms with E-state index in [1.807, 2.05) is 80.8 Å². The topological polar surface area (TPSA) is 112 Å². The lowest BCUT2D eigenvalue weighted by Gasteiger charge is -2.41. The molecule has 0 amide bonds. The summed E-state index contributed by atoms with van der Waals surface area (Å²) in [5, 5.41) is 10.5. The van der Waals surface area contributed by atoms with Gasteiger partial charge in [0.15, 0.2) is 12.3 Å². The second-order valence-corrected chi connectivity index (χ2v) is 13.7. The number of nitrogens with zero attached hydrogens (tertiary/aromatic N) is 3. The molecule has 0 radical (unpaired) electrons. The van der Waals surface area contributed by atoms with Gasteiger partial charge in [0, 0.05) is 48.5 Å². The number of anilines is 1. The van der Waals surface area contributed by atoms with Crippen LogP contribution in [0.15, 0.2) is 66.9 Å². The van der Waals surface area contributed by atoms with Gasteiger partial charge in [-0.1, -0.05) is 30.4 Å². The van der Waals surface area contributed by atoms with Crippen molar-refractivity contribution < 1.29 is 28.5 Å². The number of nitrogens with two attached hydrogens (primary N) is 1. The van der Waals surface area contributed by atoms with E-state index in [1.165, 1.54) is 12.1 Å². The molecular formula is C37H43FN4O5. The van der Waals surface area contributed by atoms with Crippen LogP contribution in [-0.2, 0) is 14.3 Å². The second-order valence-electron chi connectivity index (χ2n) is 13.7. The van der Waals surface area contributed by atoms with Gasteiger partial charge in [-0.15, -0.1) is 0 Å². The molecular weight excluding hydrogens is 599 g/mol. The summed E-state index contributed by atoms with van der Waals surface area (Å²) < 4.78 is 35.0. The fourth-order valence-electron chi connectivity index (χ4n) is 6.39. The van der Waals surface area contributed by atoms with E-state index in [4.69, 9.17) is 24.9 Å². The predicted octanol–water partition coefficient (Wildman–Crippen LogP) is 7.06. The zero-order valence-corrected chi connectivity index (χ0v) is 27.6. The number of aromatic nitrogens is 2. The van der Waals surface area contributed by atoms with Gasteiger partial charge in [0.05, 0.1) is 23.5 Å². The van der Waals surface area contributed by atoms with Crippen LogP contribution in [0.3, 0.4) is 0 Å². The van der Waals surface area contributed by atoms with Gasteiger partial charge >= 0.3 is 5.97 Å². The van der Waals surface area contributed by atoms with Gasteiger partial charge in [0.2, 0.25) is 0 Å².